The Morgan fingerprint density at radius 3 is 2.81 bits per heavy atom. The van der Waals surface area contributed by atoms with Crippen molar-refractivity contribution in [1.82, 2.24) is 9.55 Å². The second-order valence-corrected chi connectivity index (χ2v) is 7.77. The molecule has 0 fully saturated rings. The number of anilines is 1. The van der Waals surface area contributed by atoms with Crippen molar-refractivity contribution in [1.29, 1.82) is 5.26 Å². The number of nitrogens with zero attached hydrogens (tertiary/aromatic N) is 3. The van der Waals surface area contributed by atoms with Gasteiger partial charge >= 0.3 is 0 Å². The van der Waals surface area contributed by atoms with Crippen LogP contribution in [0.5, 0.6) is 0 Å². The van der Waals surface area contributed by atoms with E-state index < -0.39 is 0 Å². The van der Waals surface area contributed by atoms with Crippen molar-refractivity contribution in [3.05, 3.63) is 56.4 Å². The van der Waals surface area contributed by atoms with E-state index in [1.54, 1.807) is 11.3 Å². The Balaban J connectivity index is 1.75. The van der Waals surface area contributed by atoms with Crippen molar-refractivity contribution in [2.24, 2.45) is 0 Å². The highest BCUT2D eigenvalue weighted by Gasteiger charge is 2.21. The molecule has 0 bridgehead atoms. The molecule has 26 heavy (non-hydrogen) atoms. The minimum absolute atomic E-state index is 0.0251. The van der Waals surface area contributed by atoms with Gasteiger partial charge in [-0.25, -0.2) is 4.98 Å². The third-order valence-electron chi connectivity index (χ3n) is 4.88. The van der Waals surface area contributed by atoms with E-state index in [0.29, 0.717) is 12.4 Å². The molecule has 6 heteroatoms. The highest BCUT2D eigenvalue weighted by Crippen LogP contribution is 2.33. The quantitative estimate of drug-likeness (QED) is 0.765. The predicted molar refractivity (Wildman–Crippen MR) is 105 cm³/mol. The molecule has 0 saturated carbocycles. The molecule has 0 aliphatic heterocycles. The normalized spacial score (nSPS) is 13.4. The maximum absolute atomic E-state index is 13.1. The summed E-state index contributed by atoms with van der Waals surface area (Å²) >= 11 is 1.64. The molecule has 1 aliphatic rings. The van der Waals surface area contributed by atoms with Gasteiger partial charge in [0.05, 0.1) is 18.0 Å². The molecule has 1 N–H and O–H groups in total. The van der Waals surface area contributed by atoms with Crippen LogP contribution in [0.1, 0.15) is 34.7 Å². The Hall–Kier alpha value is -2.65. The van der Waals surface area contributed by atoms with Crippen LogP contribution in [0.2, 0.25) is 0 Å². The van der Waals surface area contributed by atoms with Gasteiger partial charge in [-0.1, -0.05) is 17.7 Å². The van der Waals surface area contributed by atoms with Crippen LogP contribution >= 0.6 is 11.3 Å². The molecule has 0 unspecified atom stereocenters. The van der Waals surface area contributed by atoms with Crippen molar-refractivity contribution in [2.75, 3.05) is 5.32 Å². The third-order valence-corrected chi connectivity index (χ3v) is 6.07. The van der Waals surface area contributed by atoms with Gasteiger partial charge in [0, 0.05) is 10.6 Å². The van der Waals surface area contributed by atoms with E-state index in [4.69, 9.17) is 4.98 Å². The largest absolute Gasteiger partial charge is 0.378 e. The highest BCUT2D eigenvalue weighted by molar-refractivity contribution is 7.18. The van der Waals surface area contributed by atoms with Gasteiger partial charge in [0.1, 0.15) is 17.2 Å². The first-order valence-electron chi connectivity index (χ1n) is 8.89. The van der Waals surface area contributed by atoms with Gasteiger partial charge < -0.3 is 5.32 Å². The van der Waals surface area contributed by atoms with Crippen LogP contribution in [0.25, 0.3) is 10.2 Å². The molecule has 1 aromatic carbocycles. The van der Waals surface area contributed by atoms with Crippen LogP contribution in [0.3, 0.4) is 0 Å². The molecule has 0 amide bonds. The molecule has 2 heterocycles. The zero-order chi connectivity index (χ0) is 18.1. The van der Waals surface area contributed by atoms with Crippen molar-refractivity contribution in [3.8, 4) is 6.07 Å². The van der Waals surface area contributed by atoms with E-state index in [9.17, 15) is 10.1 Å². The highest BCUT2D eigenvalue weighted by atomic mass is 32.1. The minimum Gasteiger partial charge on any atom is -0.378 e. The number of hydrogen-bond acceptors (Lipinski definition) is 5. The number of rotatable bonds is 4. The van der Waals surface area contributed by atoms with Crippen LogP contribution in [-0.4, -0.2) is 9.55 Å². The lowest BCUT2D eigenvalue weighted by Crippen LogP contribution is -2.26. The predicted octanol–water partition coefficient (Wildman–Crippen LogP) is 3.78. The Bertz CT molecular complexity index is 1060. The molecular formula is C20H20N4OS. The number of fused-ring (bicyclic) bond motifs is 3. The van der Waals surface area contributed by atoms with Crippen molar-refractivity contribution in [3.63, 3.8) is 0 Å². The van der Waals surface area contributed by atoms with Gasteiger partial charge in [-0.2, -0.15) is 5.26 Å². The fraction of sp³-hybridized carbons (Fsp3) is 0.350. The number of hydrogen-bond donors (Lipinski definition) is 1. The molecule has 0 radical (unpaired) electrons. The summed E-state index contributed by atoms with van der Waals surface area (Å²) in [6, 6.07) is 10.2. The summed E-state index contributed by atoms with van der Waals surface area (Å²) in [7, 11) is 0. The number of aryl methyl sites for hydroxylation is 3. The van der Waals surface area contributed by atoms with Gasteiger partial charge in [0.15, 0.2) is 0 Å². The van der Waals surface area contributed by atoms with Gasteiger partial charge in [-0.3, -0.25) is 9.36 Å². The van der Waals surface area contributed by atoms with Crippen molar-refractivity contribution < 1.29 is 0 Å². The van der Waals surface area contributed by atoms with Crippen LogP contribution < -0.4 is 10.9 Å². The maximum atomic E-state index is 13.1. The Morgan fingerprint density at radius 2 is 2.04 bits per heavy atom. The molecule has 3 aromatic rings. The molecule has 132 valence electrons. The van der Waals surface area contributed by atoms with Crippen molar-refractivity contribution >= 4 is 27.2 Å². The number of thiophene rings is 1. The zero-order valence-electron chi connectivity index (χ0n) is 14.7. The number of nitrogens with one attached hydrogen (secondary N) is 1. The summed E-state index contributed by atoms with van der Waals surface area (Å²) in [6.07, 6.45) is 4.27. The lowest BCUT2D eigenvalue weighted by Gasteiger charge is -2.13. The monoisotopic (exact) mass is 364 g/mol. The summed E-state index contributed by atoms with van der Waals surface area (Å²) in [6.45, 7) is 2.48. The van der Waals surface area contributed by atoms with E-state index in [-0.39, 0.29) is 12.1 Å². The van der Waals surface area contributed by atoms with Gasteiger partial charge in [-0.05, 0) is 50.3 Å². The van der Waals surface area contributed by atoms with Gasteiger partial charge in [0.2, 0.25) is 0 Å². The molecule has 0 saturated heterocycles. The number of aromatic nitrogens is 2. The fourth-order valence-electron chi connectivity index (χ4n) is 3.50. The molecular weight excluding hydrogens is 344 g/mol. The lowest BCUT2D eigenvalue weighted by atomic mass is 9.97. The van der Waals surface area contributed by atoms with Crippen LogP contribution in [0, 0.1) is 18.3 Å². The first-order chi connectivity index (χ1) is 12.7. The van der Waals surface area contributed by atoms with Crippen LogP contribution in [-0.2, 0) is 25.9 Å². The molecule has 0 spiro atoms. The second-order valence-electron chi connectivity index (χ2n) is 6.69. The fourth-order valence-corrected chi connectivity index (χ4v) is 4.77. The first-order valence-corrected chi connectivity index (χ1v) is 9.70. The van der Waals surface area contributed by atoms with E-state index in [2.05, 4.69) is 11.4 Å². The van der Waals surface area contributed by atoms with Crippen LogP contribution in [0.15, 0.2) is 29.1 Å². The van der Waals surface area contributed by atoms with Crippen molar-refractivity contribution in [2.45, 2.75) is 45.7 Å². The lowest BCUT2D eigenvalue weighted by molar-refractivity contribution is 0.692. The molecule has 1 aliphatic carbocycles. The third kappa shape index (κ3) is 2.99. The van der Waals surface area contributed by atoms with E-state index in [1.807, 2.05) is 31.2 Å². The average molecular weight is 364 g/mol. The Kier molecular flexibility index (Phi) is 4.48. The van der Waals surface area contributed by atoms with Gasteiger partial charge in [0.25, 0.3) is 5.56 Å². The summed E-state index contributed by atoms with van der Waals surface area (Å²) in [5, 5.41) is 13.2. The van der Waals surface area contributed by atoms with Crippen LogP contribution in [0.4, 0.5) is 5.69 Å². The summed E-state index contributed by atoms with van der Waals surface area (Å²) < 4.78 is 1.52. The number of benzene rings is 1. The first kappa shape index (κ1) is 16.8. The zero-order valence-corrected chi connectivity index (χ0v) is 15.5. The second kappa shape index (κ2) is 6.93. The summed E-state index contributed by atoms with van der Waals surface area (Å²) in [4.78, 5) is 20.0. The summed E-state index contributed by atoms with van der Waals surface area (Å²) in [5.74, 6) is 0.614. The molecule has 4 rings (SSSR count). The van der Waals surface area contributed by atoms with Gasteiger partial charge in [-0.15, -0.1) is 11.3 Å². The standard InChI is InChI=1S/C20H20N4OS/c1-13-6-8-14(9-7-13)22-12-17-23-19-18(20(25)24(17)11-10-21)15-4-2-3-5-16(15)26-19/h6-9,22H,2-5,11-12H2,1H3. The van der Waals surface area contributed by atoms with E-state index in [0.717, 1.165) is 35.2 Å². The Morgan fingerprint density at radius 1 is 1.27 bits per heavy atom. The molecule has 0 atom stereocenters. The Labute approximate surface area is 155 Å². The SMILES string of the molecule is Cc1ccc(NCc2nc3sc4c(c3c(=O)n2CC#N)CCCC4)cc1. The van der Waals surface area contributed by atoms with E-state index in [1.165, 1.54) is 27.0 Å². The maximum Gasteiger partial charge on any atom is 0.263 e. The molecule has 5 nitrogen and oxygen atoms in total. The average Bonchev–Trinajstić information content (AvgIpc) is 3.02. The topological polar surface area (TPSA) is 70.7 Å². The summed E-state index contributed by atoms with van der Waals surface area (Å²) in [5.41, 5.74) is 3.26. The minimum atomic E-state index is -0.0725. The number of nitriles is 1. The van der Waals surface area contributed by atoms with E-state index >= 15 is 0 Å². The molecule has 2 aromatic heterocycles. The smallest absolute Gasteiger partial charge is 0.263 e.